The molecule has 40 heavy (non-hydrogen) atoms. The fraction of sp³-hybridized carbons (Fsp3) is 0.806. The van der Waals surface area contributed by atoms with E-state index < -0.39 is 12.1 Å². The average molecular weight is 562 g/mol. The number of hydrogen-bond acceptors (Lipinski definition) is 3. The Balaban J connectivity index is 3.61. The zero-order chi connectivity index (χ0) is 29.4. The zero-order valence-corrected chi connectivity index (χ0v) is 26.6. The number of rotatable bonds is 30. The number of hydrogen-bond donors (Lipinski definition) is 3. The normalized spacial score (nSPS) is 13.6. The summed E-state index contributed by atoms with van der Waals surface area (Å²) < 4.78 is 0. The van der Waals surface area contributed by atoms with Crippen molar-refractivity contribution in [1.29, 1.82) is 0 Å². The van der Waals surface area contributed by atoms with Gasteiger partial charge in [0, 0.05) is 6.42 Å². The molecule has 0 spiro atoms. The maximum absolute atomic E-state index is 12.3. The van der Waals surface area contributed by atoms with Gasteiger partial charge in [-0.05, 0) is 44.9 Å². The van der Waals surface area contributed by atoms with E-state index in [0.29, 0.717) is 12.8 Å². The van der Waals surface area contributed by atoms with Crippen molar-refractivity contribution in [3.63, 3.8) is 0 Å². The molecule has 0 saturated carbocycles. The third kappa shape index (κ3) is 28.1. The Labute approximate surface area is 249 Å². The SMILES string of the molecule is CC/C=C\C/C=C\C/C=C\CCCCCCCCCC(=O)NC(CO)C(O)CCCCCCCCCCCCC. The second-order valence-electron chi connectivity index (χ2n) is 11.6. The van der Waals surface area contributed by atoms with Crippen LogP contribution in [-0.4, -0.2) is 34.9 Å². The van der Waals surface area contributed by atoms with E-state index in [2.05, 4.69) is 55.6 Å². The lowest BCUT2D eigenvalue weighted by Gasteiger charge is -2.22. The molecule has 1 amide bonds. The van der Waals surface area contributed by atoms with E-state index in [1.807, 2.05) is 0 Å². The number of carbonyl (C=O) groups is 1. The summed E-state index contributed by atoms with van der Waals surface area (Å²) in [5.74, 6) is -0.0453. The number of aliphatic hydroxyl groups is 2. The van der Waals surface area contributed by atoms with Gasteiger partial charge in [0.15, 0.2) is 0 Å². The van der Waals surface area contributed by atoms with Gasteiger partial charge in [-0.15, -0.1) is 0 Å². The first kappa shape index (κ1) is 38.6. The molecular formula is C36H67NO3. The highest BCUT2D eigenvalue weighted by Crippen LogP contribution is 2.14. The molecule has 0 bridgehead atoms. The van der Waals surface area contributed by atoms with Crippen molar-refractivity contribution in [2.45, 2.75) is 180 Å². The molecule has 4 nitrogen and oxygen atoms in total. The molecule has 4 heteroatoms. The third-order valence-corrected chi connectivity index (χ3v) is 7.67. The summed E-state index contributed by atoms with van der Waals surface area (Å²) >= 11 is 0. The van der Waals surface area contributed by atoms with Crippen LogP contribution < -0.4 is 5.32 Å². The Morgan fingerprint density at radius 3 is 1.65 bits per heavy atom. The van der Waals surface area contributed by atoms with Gasteiger partial charge in [0.1, 0.15) is 0 Å². The summed E-state index contributed by atoms with van der Waals surface area (Å²) in [5, 5.41) is 23.0. The van der Waals surface area contributed by atoms with Gasteiger partial charge in [0.05, 0.1) is 18.8 Å². The zero-order valence-electron chi connectivity index (χ0n) is 26.6. The minimum Gasteiger partial charge on any atom is -0.394 e. The maximum atomic E-state index is 12.3. The highest BCUT2D eigenvalue weighted by atomic mass is 16.3. The number of aliphatic hydroxyl groups excluding tert-OH is 2. The van der Waals surface area contributed by atoms with Crippen LogP contribution in [-0.2, 0) is 4.79 Å². The average Bonchev–Trinajstić information content (AvgIpc) is 2.96. The number of allylic oxidation sites excluding steroid dienone is 6. The van der Waals surface area contributed by atoms with Crippen LogP contribution in [0.2, 0.25) is 0 Å². The van der Waals surface area contributed by atoms with Crippen LogP contribution in [0.15, 0.2) is 36.5 Å². The summed E-state index contributed by atoms with van der Waals surface area (Å²) in [5.41, 5.74) is 0. The maximum Gasteiger partial charge on any atom is 0.220 e. The highest BCUT2D eigenvalue weighted by Gasteiger charge is 2.19. The quantitative estimate of drug-likeness (QED) is 0.0603. The van der Waals surface area contributed by atoms with Crippen LogP contribution in [0.3, 0.4) is 0 Å². The molecule has 0 aliphatic rings. The summed E-state index contributed by atoms with van der Waals surface area (Å²) in [4.78, 5) is 12.3. The summed E-state index contributed by atoms with van der Waals surface area (Å²) in [6, 6.07) is -0.538. The Bertz CT molecular complexity index is 613. The smallest absolute Gasteiger partial charge is 0.220 e. The fourth-order valence-electron chi connectivity index (χ4n) is 5.02. The predicted octanol–water partition coefficient (Wildman–Crippen LogP) is 9.90. The summed E-state index contributed by atoms with van der Waals surface area (Å²) in [7, 11) is 0. The van der Waals surface area contributed by atoms with Gasteiger partial charge in [-0.2, -0.15) is 0 Å². The second-order valence-corrected chi connectivity index (χ2v) is 11.6. The summed E-state index contributed by atoms with van der Waals surface area (Å²) in [6.07, 6.45) is 40.5. The molecule has 3 N–H and O–H groups in total. The van der Waals surface area contributed by atoms with Crippen LogP contribution in [0, 0.1) is 0 Å². The van der Waals surface area contributed by atoms with Gasteiger partial charge in [-0.1, -0.05) is 153 Å². The fourth-order valence-corrected chi connectivity index (χ4v) is 5.02. The molecule has 0 heterocycles. The third-order valence-electron chi connectivity index (χ3n) is 7.67. The first-order valence-corrected chi connectivity index (χ1v) is 17.2. The van der Waals surface area contributed by atoms with Gasteiger partial charge in [-0.25, -0.2) is 0 Å². The summed E-state index contributed by atoms with van der Waals surface area (Å²) in [6.45, 7) is 4.22. The Kier molecular flexibility index (Phi) is 31.0. The van der Waals surface area contributed by atoms with Crippen molar-refractivity contribution in [3.05, 3.63) is 36.5 Å². The van der Waals surface area contributed by atoms with Crippen LogP contribution in [0.5, 0.6) is 0 Å². The standard InChI is InChI=1S/C36H67NO3/c1-3-5-7-9-11-13-15-16-17-18-19-20-22-24-26-28-30-32-36(40)37-34(33-38)35(39)31-29-27-25-23-21-14-12-10-8-6-4-2/h5,7,11,13,16-17,34-35,38-39H,3-4,6,8-10,12,14-15,18-33H2,1-2H3,(H,37,40)/b7-5-,13-11-,17-16-. The van der Waals surface area contributed by atoms with E-state index in [-0.39, 0.29) is 12.5 Å². The minimum atomic E-state index is -0.660. The van der Waals surface area contributed by atoms with Crippen molar-refractivity contribution in [1.82, 2.24) is 5.32 Å². The second kappa shape index (κ2) is 32.1. The van der Waals surface area contributed by atoms with Crippen LogP contribution in [0.25, 0.3) is 0 Å². The monoisotopic (exact) mass is 562 g/mol. The number of carbonyl (C=O) groups excluding carboxylic acids is 1. The van der Waals surface area contributed by atoms with Crippen molar-refractivity contribution >= 4 is 5.91 Å². The molecule has 0 saturated heterocycles. The van der Waals surface area contributed by atoms with E-state index in [1.54, 1.807) is 0 Å². The minimum absolute atomic E-state index is 0.0453. The molecule has 0 radical (unpaired) electrons. The number of nitrogens with one attached hydrogen (secondary N) is 1. The van der Waals surface area contributed by atoms with Gasteiger partial charge in [0.2, 0.25) is 5.91 Å². The van der Waals surface area contributed by atoms with Crippen molar-refractivity contribution in [2.75, 3.05) is 6.61 Å². The number of amides is 1. The van der Waals surface area contributed by atoms with Crippen LogP contribution in [0.1, 0.15) is 168 Å². The predicted molar refractivity (Wildman–Crippen MR) is 175 cm³/mol. The topological polar surface area (TPSA) is 69.6 Å². The van der Waals surface area contributed by atoms with E-state index in [0.717, 1.165) is 44.9 Å². The molecule has 0 aromatic carbocycles. The molecule has 0 aromatic heterocycles. The first-order valence-electron chi connectivity index (χ1n) is 17.2. The highest BCUT2D eigenvalue weighted by molar-refractivity contribution is 5.76. The van der Waals surface area contributed by atoms with Crippen molar-refractivity contribution in [2.24, 2.45) is 0 Å². The Morgan fingerprint density at radius 1 is 0.625 bits per heavy atom. The van der Waals surface area contributed by atoms with Crippen LogP contribution in [0.4, 0.5) is 0 Å². The lowest BCUT2D eigenvalue weighted by molar-refractivity contribution is -0.123. The largest absolute Gasteiger partial charge is 0.394 e. The van der Waals surface area contributed by atoms with Gasteiger partial charge in [0.25, 0.3) is 0 Å². The lowest BCUT2D eigenvalue weighted by Crippen LogP contribution is -2.45. The van der Waals surface area contributed by atoms with E-state index in [1.165, 1.54) is 96.3 Å². The van der Waals surface area contributed by atoms with Gasteiger partial charge >= 0.3 is 0 Å². The Morgan fingerprint density at radius 2 is 1.10 bits per heavy atom. The first-order chi connectivity index (χ1) is 19.7. The molecule has 234 valence electrons. The van der Waals surface area contributed by atoms with E-state index >= 15 is 0 Å². The number of unbranched alkanes of at least 4 members (excludes halogenated alkanes) is 17. The van der Waals surface area contributed by atoms with Gasteiger partial charge in [-0.3, -0.25) is 4.79 Å². The van der Waals surface area contributed by atoms with Crippen molar-refractivity contribution < 1.29 is 15.0 Å². The molecule has 2 unspecified atom stereocenters. The van der Waals surface area contributed by atoms with E-state index in [9.17, 15) is 15.0 Å². The van der Waals surface area contributed by atoms with Gasteiger partial charge < -0.3 is 15.5 Å². The molecule has 0 aliphatic carbocycles. The molecule has 0 rings (SSSR count). The van der Waals surface area contributed by atoms with E-state index in [4.69, 9.17) is 0 Å². The van der Waals surface area contributed by atoms with Crippen LogP contribution >= 0.6 is 0 Å². The Hall–Kier alpha value is -1.39. The molecule has 0 aromatic rings. The molecule has 0 aliphatic heterocycles. The lowest BCUT2D eigenvalue weighted by atomic mass is 10.0. The molecule has 2 atom stereocenters. The van der Waals surface area contributed by atoms with Crippen molar-refractivity contribution in [3.8, 4) is 0 Å². The molecular weight excluding hydrogens is 494 g/mol. The molecule has 0 fully saturated rings.